The van der Waals surface area contributed by atoms with E-state index in [0.717, 1.165) is 29.4 Å². The summed E-state index contributed by atoms with van der Waals surface area (Å²) < 4.78 is 58.9. The Labute approximate surface area is 206 Å². The molecule has 8 nitrogen and oxygen atoms in total. The molecule has 1 atom stereocenters. The van der Waals surface area contributed by atoms with Gasteiger partial charge in [-0.25, -0.2) is 4.39 Å². The molecule has 2 N–H and O–H groups in total. The average molecular weight is 537 g/mol. The zero-order chi connectivity index (χ0) is 25.8. The van der Waals surface area contributed by atoms with Gasteiger partial charge in [0.05, 0.1) is 28.1 Å². The number of benzene rings is 1. The van der Waals surface area contributed by atoms with Crippen LogP contribution < -0.4 is 15.5 Å². The van der Waals surface area contributed by atoms with E-state index >= 15 is 0 Å². The fourth-order valence-corrected chi connectivity index (χ4v) is 4.32. The molecule has 3 rings (SSSR count). The first-order valence-electron chi connectivity index (χ1n) is 10.2. The van der Waals surface area contributed by atoms with Crippen LogP contribution in [0.4, 0.5) is 28.9 Å². The summed E-state index contributed by atoms with van der Waals surface area (Å²) in [6.07, 6.45) is -4.60. The molecule has 3 amide bonds. The highest BCUT2D eigenvalue weighted by atomic mass is 35.5. The number of thiophene rings is 1. The average Bonchev–Trinajstić information content (AvgIpc) is 3.20. The lowest BCUT2D eigenvalue weighted by Gasteiger charge is -2.28. The minimum Gasteiger partial charge on any atom is -0.370 e. The third-order valence-corrected chi connectivity index (χ3v) is 6.24. The molecule has 2 aromatic rings. The fourth-order valence-electron chi connectivity index (χ4n) is 3.36. The van der Waals surface area contributed by atoms with Crippen molar-refractivity contribution in [3.63, 3.8) is 0 Å². The van der Waals surface area contributed by atoms with E-state index in [4.69, 9.17) is 16.3 Å². The number of likely N-dealkylation sites (N-methyl/N-ethyl adjacent to an activating group) is 1. The molecule has 1 fully saturated rings. The Morgan fingerprint density at radius 2 is 2.03 bits per heavy atom. The molecule has 1 aliphatic heterocycles. The second-order valence-corrected chi connectivity index (χ2v) is 9.33. The van der Waals surface area contributed by atoms with E-state index in [9.17, 15) is 31.9 Å². The quantitative estimate of drug-likeness (QED) is 0.506. The van der Waals surface area contributed by atoms with Gasteiger partial charge in [0, 0.05) is 18.8 Å². The van der Waals surface area contributed by atoms with Gasteiger partial charge in [0.15, 0.2) is 0 Å². The smallest absolute Gasteiger partial charge is 0.370 e. The first kappa shape index (κ1) is 26.9. The van der Waals surface area contributed by atoms with Crippen LogP contribution in [0.15, 0.2) is 30.3 Å². The number of alkyl halides is 3. The van der Waals surface area contributed by atoms with Crippen molar-refractivity contribution in [1.29, 1.82) is 0 Å². The topological polar surface area (TPSA) is 91.0 Å². The molecule has 0 saturated carbocycles. The van der Waals surface area contributed by atoms with Crippen molar-refractivity contribution >= 4 is 52.0 Å². The number of hydrogen-bond donors (Lipinski definition) is 2. The number of ether oxygens (including phenoxy) is 1. The second kappa shape index (κ2) is 11.3. The molecule has 0 aliphatic carbocycles. The molecule has 1 aromatic heterocycles. The molecule has 2 heterocycles. The number of rotatable bonds is 8. The number of hydrogen-bond acceptors (Lipinski definition) is 6. The molecule has 190 valence electrons. The van der Waals surface area contributed by atoms with E-state index in [2.05, 4.69) is 10.6 Å². The molecule has 1 saturated heterocycles. The van der Waals surface area contributed by atoms with Gasteiger partial charge in [0.25, 0.3) is 11.8 Å². The maximum Gasteiger partial charge on any atom is 0.401 e. The molecule has 35 heavy (non-hydrogen) atoms. The number of anilines is 2. The van der Waals surface area contributed by atoms with Gasteiger partial charge in [-0.1, -0.05) is 11.6 Å². The van der Waals surface area contributed by atoms with Crippen LogP contribution in [0.3, 0.4) is 0 Å². The number of nitrogens with zero attached hydrogens (tertiary/aromatic N) is 2. The minimum absolute atomic E-state index is 0.0103. The molecule has 0 bridgehead atoms. The summed E-state index contributed by atoms with van der Waals surface area (Å²) in [7, 11) is 1.08. The highest BCUT2D eigenvalue weighted by Gasteiger charge is 2.35. The predicted molar refractivity (Wildman–Crippen MR) is 122 cm³/mol. The van der Waals surface area contributed by atoms with Crippen LogP contribution in [0.2, 0.25) is 4.34 Å². The third-order valence-electron chi connectivity index (χ3n) is 5.01. The Morgan fingerprint density at radius 1 is 1.29 bits per heavy atom. The van der Waals surface area contributed by atoms with E-state index in [1.165, 1.54) is 29.2 Å². The molecular weight excluding hydrogens is 516 g/mol. The molecule has 0 spiro atoms. The lowest BCUT2D eigenvalue weighted by Crippen LogP contribution is -2.51. The van der Waals surface area contributed by atoms with Gasteiger partial charge in [0.2, 0.25) is 5.91 Å². The maximum absolute atomic E-state index is 14.7. The Hall–Kier alpha value is -2.74. The Balaban J connectivity index is 1.73. The number of morpholine rings is 1. The first-order valence-corrected chi connectivity index (χ1v) is 11.4. The Bertz CT molecular complexity index is 1100. The van der Waals surface area contributed by atoms with Gasteiger partial charge >= 0.3 is 6.18 Å². The van der Waals surface area contributed by atoms with Crippen molar-refractivity contribution in [2.45, 2.75) is 12.2 Å². The van der Waals surface area contributed by atoms with Gasteiger partial charge in [-0.2, -0.15) is 13.2 Å². The van der Waals surface area contributed by atoms with Gasteiger partial charge < -0.3 is 20.3 Å². The number of carbonyl (C=O) groups excluding carboxylic acids is 3. The number of halogens is 5. The van der Waals surface area contributed by atoms with Crippen molar-refractivity contribution in [3.05, 3.63) is 45.4 Å². The van der Waals surface area contributed by atoms with E-state index in [0.29, 0.717) is 4.34 Å². The summed E-state index contributed by atoms with van der Waals surface area (Å²) in [5.74, 6) is -2.73. The zero-order valence-electron chi connectivity index (χ0n) is 18.3. The largest absolute Gasteiger partial charge is 0.401 e. The van der Waals surface area contributed by atoms with E-state index in [1.807, 2.05) is 0 Å². The van der Waals surface area contributed by atoms with Gasteiger partial charge in [-0.3, -0.25) is 19.3 Å². The summed E-state index contributed by atoms with van der Waals surface area (Å²) in [4.78, 5) is 39.2. The van der Waals surface area contributed by atoms with E-state index < -0.39 is 48.8 Å². The normalized spacial score (nSPS) is 15.3. The van der Waals surface area contributed by atoms with Crippen LogP contribution in [0, 0.1) is 5.82 Å². The number of amides is 3. The number of nitrogens with one attached hydrogen (secondary N) is 2. The van der Waals surface area contributed by atoms with Crippen LogP contribution >= 0.6 is 22.9 Å². The molecule has 0 radical (unpaired) electrons. The summed E-state index contributed by atoms with van der Waals surface area (Å²) in [6, 6.07) is 5.07. The summed E-state index contributed by atoms with van der Waals surface area (Å²) in [5, 5.41) is 4.80. The van der Waals surface area contributed by atoms with Crippen molar-refractivity contribution in [1.82, 2.24) is 10.2 Å². The number of carbonyl (C=O) groups is 3. The summed E-state index contributed by atoms with van der Waals surface area (Å²) in [6.45, 7) is -1.66. The molecular formula is C21H21ClF4N4O4S. The van der Waals surface area contributed by atoms with Crippen LogP contribution in [0.25, 0.3) is 0 Å². The predicted octanol–water partition coefficient (Wildman–Crippen LogP) is 3.14. The first-order chi connectivity index (χ1) is 16.4. The summed E-state index contributed by atoms with van der Waals surface area (Å²) in [5.41, 5.74) is -0.0392. The van der Waals surface area contributed by atoms with Gasteiger partial charge in [-0.05, 0) is 37.4 Å². The molecule has 1 aliphatic rings. The van der Waals surface area contributed by atoms with Crippen LogP contribution in [-0.4, -0.2) is 74.7 Å². The zero-order valence-corrected chi connectivity index (χ0v) is 19.9. The monoisotopic (exact) mass is 536 g/mol. The fraction of sp³-hybridized carbons (Fsp3) is 0.381. The maximum atomic E-state index is 14.7. The lowest BCUT2D eigenvalue weighted by atomic mass is 10.2. The molecule has 14 heteroatoms. The summed E-state index contributed by atoms with van der Waals surface area (Å²) >= 11 is 6.77. The van der Waals surface area contributed by atoms with Crippen molar-refractivity contribution in [3.8, 4) is 0 Å². The van der Waals surface area contributed by atoms with Crippen LogP contribution in [0.5, 0.6) is 0 Å². The van der Waals surface area contributed by atoms with Crippen LogP contribution in [0.1, 0.15) is 9.67 Å². The third kappa shape index (κ3) is 7.37. The Kier molecular flexibility index (Phi) is 8.70. The highest BCUT2D eigenvalue weighted by Crippen LogP contribution is 2.25. The van der Waals surface area contributed by atoms with Gasteiger partial charge in [-0.15, -0.1) is 11.3 Å². The van der Waals surface area contributed by atoms with Crippen molar-refractivity contribution in [2.75, 3.05) is 50.1 Å². The SMILES string of the molecule is CN(CC(F)(F)F)[C@@H](CNC(=O)c1ccc(Cl)s1)C(=O)Nc1ccc(N2CCOCC2=O)c(F)c1. The molecule has 0 unspecified atom stereocenters. The van der Waals surface area contributed by atoms with Gasteiger partial charge in [0.1, 0.15) is 18.5 Å². The molecule has 1 aromatic carbocycles. The standard InChI is InChI=1S/C21H21ClF4N4O4S/c1-29(11-21(24,25)26)15(9-27-20(33)16-4-5-17(22)35-16)19(32)28-12-2-3-14(13(23)8-12)30-6-7-34-10-18(30)31/h2-5,8,15H,6-7,9-11H2,1H3,(H,27,33)(H,28,32)/t15-/m0/s1. The van der Waals surface area contributed by atoms with Crippen molar-refractivity contribution < 1.29 is 36.7 Å². The lowest BCUT2D eigenvalue weighted by molar-refractivity contribution is -0.150. The second-order valence-electron chi connectivity index (χ2n) is 7.61. The highest BCUT2D eigenvalue weighted by molar-refractivity contribution is 7.18. The van der Waals surface area contributed by atoms with E-state index in [1.54, 1.807) is 0 Å². The Morgan fingerprint density at radius 3 is 2.63 bits per heavy atom. The van der Waals surface area contributed by atoms with E-state index in [-0.39, 0.29) is 36.0 Å². The van der Waals surface area contributed by atoms with Crippen LogP contribution in [-0.2, 0) is 14.3 Å². The minimum atomic E-state index is -4.60. The van der Waals surface area contributed by atoms with Crippen molar-refractivity contribution in [2.24, 2.45) is 0 Å².